The van der Waals surface area contributed by atoms with Crippen LogP contribution in [0.2, 0.25) is 0 Å². The van der Waals surface area contributed by atoms with Gasteiger partial charge in [0.2, 0.25) is 11.7 Å². The van der Waals surface area contributed by atoms with Crippen LogP contribution in [0.4, 0.5) is 5.95 Å². The van der Waals surface area contributed by atoms with Crippen molar-refractivity contribution in [2.45, 2.75) is 0 Å². The number of ether oxygens (including phenoxy) is 3. The Kier molecular flexibility index (Phi) is 3.46. The number of hydrogen-bond acceptors (Lipinski definition) is 6. The molecule has 2 heterocycles. The fraction of sp³-hybridized carbons (Fsp3) is 0.200. The van der Waals surface area contributed by atoms with Gasteiger partial charge >= 0.3 is 0 Å². The van der Waals surface area contributed by atoms with Crippen molar-refractivity contribution < 1.29 is 14.2 Å². The molecule has 0 amide bonds. The lowest BCUT2D eigenvalue weighted by Gasteiger charge is -2.14. The highest BCUT2D eigenvalue weighted by Gasteiger charge is 2.14. The maximum absolute atomic E-state index is 5.61. The van der Waals surface area contributed by atoms with Crippen LogP contribution in [0.1, 0.15) is 0 Å². The summed E-state index contributed by atoms with van der Waals surface area (Å²) in [4.78, 5) is 4.10. The summed E-state index contributed by atoms with van der Waals surface area (Å²) in [7, 11) is 4.75. The van der Waals surface area contributed by atoms with Crippen LogP contribution in [0.3, 0.4) is 0 Å². The van der Waals surface area contributed by atoms with Crippen LogP contribution in [-0.2, 0) is 0 Å². The molecule has 0 aliphatic heterocycles. The minimum Gasteiger partial charge on any atom is -0.493 e. The molecule has 0 unspecified atom stereocenters. The number of methoxy groups -OCH3 is 3. The number of rotatable bonds is 4. The minimum absolute atomic E-state index is 0.238. The smallest absolute Gasteiger partial charge is 0.240 e. The summed E-state index contributed by atoms with van der Waals surface area (Å²) >= 11 is 0. The molecule has 22 heavy (non-hydrogen) atoms. The van der Waals surface area contributed by atoms with Gasteiger partial charge in [0.25, 0.3) is 0 Å². The summed E-state index contributed by atoms with van der Waals surface area (Å²) in [5.74, 6) is 1.98. The SMILES string of the molecule is COc1cc(-c2ccc3nc(N)nn3c2)cc(OC)c1OC. The average molecular weight is 300 g/mol. The normalized spacial score (nSPS) is 10.7. The lowest BCUT2D eigenvalue weighted by Crippen LogP contribution is -1.96. The second-order valence-electron chi connectivity index (χ2n) is 4.60. The predicted octanol–water partition coefficient (Wildman–Crippen LogP) is 2.00. The van der Waals surface area contributed by atoms with Crippen LogP contribution in [0.25, 0.3) is 16.8 Å². The zero-order chi connectivity index (χ0) is 15.7. The quantitative estimate of drug-likeness (QED) is 0.793. The highest BCUT2D eigenvalue weighted by atomic mass is 16.5. The van der Waals surface area contributed by atoms with E-state index in [9.17, 15) is 0 Å². The standard InChI is InChI=1S/C15H16N4O3/c1-20-11-6-10(7-12(21-2)14(11)22-3)9-4-5-13-17-15(16)18-19(13)8-9/h4-8H,1-3H3,(H2,16,18). The van der Waals surface area contributed by atoms with E-state index in [-0.39, 0.29) is 5.95 Å². The molecule has 7 nitrogen and oxygen atoms in total. The fourth-order valence-corrected chi connectivity index (χ4v) is 2.32. The van der Waals surface area contributed by atoms with E-state index in [0.717, 1.165) is 11.1 Å². The van der Waals surface area contributed by atoms with Gasteiger partial charge in [-0.15, -0.1) is 5.10 Å². The molecule has 0 saturated carbocycles. The van der Waals surface area contributed by atoms with Crippen molar-refractivity contribution in [2.24, 2.45) is 0 Å². The highest BCUT2D eigenvalue weighted by molar-refractivity contribution is 5.71. The van der Waals surface area contributed by atoms with E-state index >= 15 is 0 Å². The Morgan fingerprint density at radius 2 is 1.64 bits per heavy atom. The van der Waals surface area contributed by atoms with Gasteiger partial charge < -0.3 is 19.9 Å². The molecule has 0 radical (unpaired) electrons. The Hall–Kier alpha value is -2.96. The summed E-state index contributed by atoms with van der Waals surface area (Å²) in [6.45, 7) is 0. The van der Waals surface area contributed by atoms with Gasteiger partial charge in [-0.3, -0.25) is 0 Å². The molecule has 0 fully saturated rings. The van der Waals surface area contributed by atoms with Crippen LogP contribution in [-0.4, -0.2) is 35.9 Å². The summed E-state index contributed by atoms with van der Waals surface area (Å²) in [5.41, 5.74) is 8.13. The first-order valence-electron chi connectivity index (χ1n) is 6.58. The maximum Gasteiger partial charge on any atom is 0.240 e. The van der Waals surface area contributed by atoms with Gasteiger partial charge in [0.15, 0.2) is 17.1 Å². The molecule has 2 aromatic heterocycles. The third kappa shape index (κ3) is 2.26. The highest BCUT2D eigenvalue weighted by Crippen LogP contribution is 2.41. The second kappa shape index (κ2) is 5.44. The van der Waals surface area contributed by atoms with Gasteiger partial charge in [-0.25, -0.2) is 4.52 Å². The number of nitrogen functional groups attached to an aromatic ring is 1. The number of benzene rings is 1. The van der Waals surface area contributed by atoms with Crippen molar-refractivity contribution in [1.82, 2.24) is 14.6 Å². The summed E-state index contributed by atoms with van der Waals surface area (Å²) < 4.78 is 17.7. The second-order valence-corrected chi connectivity index (χ2v) is 4.60. The number of pyridine rings is 1. The Labute approximate surface area is 127 Å². The Bertz CT molecular complexity index is 804. The summed E-state index contributed by atoms with van der Waals surface area (Å²) in [6.07, 6.45) is 1.85. The van der Waals surface area contributed by atoms with Crippen LogP contribution < -0.4 is 19.9 Å². The number of aromatic nitrogens is 3. The molecular weight excluding hydrogens is 284 g/mol. The van der Waals surface area contributed by atoms with Crippen LogP contribution in [0.5, 0.6) is 17.2 Å². The third-order valence-electron chi connectivity index (χ3n) is 3.35. The molecule has 0 aliphatic rings. The number of anilines is 1. The van der Waals surface area contributed by atoms with Crippen molar-refractivity contribution >= 4 is 11.6 Å². The zero-order valence-corrected chi connectivity index (χ0v) is 12.5. The molecule has 3 rings (SSSR count). The lowest BCUT2D eigenvalue weighted by molar-refractivity contribution is 0.324. The van der Waals surface area contributed by atoms with Gasteiger partial charge in [-0.1, -0.05) is 0 Å². The molecule has 1 aromatic carbocycles. The molecule has 7 heteroatoms. The molecule has 2 N–H and O–H groups in total. The molecule has 0 bridgehead atoms. The van der Waals surface area contributed by atoms with Crippen molar-refractivity contribution in [3.8, 4) is 28.4 Å². The molecule has 0 spiro atoms. The van der Waals surface area contributed by atoms with Gasteiger partial charge in [0, 0.05) is 11.8 Å². The molecule has 0 aliphatic carbocycles. The summed E-state index contributed by atoms with van der Waals surface area (Å²) in [6, 6.07) is 7.54. The zero-order valence-electron chi connectivity index (χ0n) is 12.5. The Morgan fingerprint density at radius 1 is 0.955 bits per heavy atom. The number of nitrogens with two attached hydrogens (primary N) is 1. The van der Waals surface area contributed by atoms with Crippen molar-refractivity contribution in [2.75, 3.05) is 27.1 Å². The van der Waals surface area contributed by atoms with Gasteiger partial charge in [0.05, 0.1) is 21.3 Å². The Morgan fingerprint density at radius 3 is 2.23 bits per heavy atom. The van der Waals surface area contributed by atoms with Gasteiger partial charge in [-0.2, -0.15) is 4.98 Å². The first-order chi connectivity index (χ1) is 10.7. The number of nitrogens with zero attached hydrogens (tertiary/aromatic N) is 3. The van der Waals surface area contributed by atoms with E-state index in [1.54, 1.807) is 25.8 Å². The Balaban J connectivity index is 2.16. The molecular formula is C15H16N4O3. The van der Waals surface area contributed by atoms with E-state index in [1.807, 2.05) is 30.5 Å². The lowest BCUT2D eigenvalue weighted by atomic mass is 10.1. The van der Waals surface area contributed by atoms with E-state index in [0.29, 0.717) is 22.9 Å². The largest absolute Gasteiger partial charge is 0.493 e. The van der Waals surface area contributed by atoms with E-state index < -0.39 is 0 Å². The van der Waals surface area contributed by atoms with E-state index in [4.69, 9.17) is 19.9 Å². The number of hydrogen-bond donors (Lipinski definition) is 1. The van der Waals surface area contributed by atoms with E-state index in [2.05, 4.69) is 10.1 Å². The van der Waals surface area contributed by atoms with Crippen LogP contribution in [0, 0.1) is 0 Å². The predicted molar refractivity (Wildman–Crippen MR) is 82.5 cm³/mol. The first-order valence-corrected chi connectivity index (χ1v) is 6.58. The van der Waals surface area contributed by atoms with E-state index in [1.165, 1.54) is 0 Å². The summed E-state index contributed by atoms with van der Waals surface area (Å²) in [5, 5.41) is 4.11. The van der Waals surface area contributed by atoms with Crippen molar-refractivity contribution in [3.05, 3.63) is 30.5 Å². The molecule has 114 valence electrons. The van der Waals surface area contributed by atoms with Crippen LogP contribution in [0.15, 0.2) is 30.5 Å². The van der Waals surface area contributed by atoms with Crippen molar-refractivity contribution in [3.63, 3.8) is 0 Å². The first kappa shape index (κ1) is 14.0. The van der Waals surface area contributed by atoms with Crippen molar-refractivity contribution in [1.29, 1.82) is 0 Å². The topological polar surface area (TPSA) is 83.9 Å². The average Bonchev–Trinajstić information content (AvgIpc) is 2.92. The molecule has 0 atom stereocenters. The van der Waals surface area contributed by atoms with Gasteiger partial charge in [0.1, 0.15) is 0 Å². The van der Waals surface area contributed by atoms with Gasteiger partial charge in [-0.05, 0) is 29.8 Å². The van der Waals surface area contributed by atoms with Crippen LogP contribution >= 0.6 is 0 Å². The number of fused-ring (bicyclic) bond motifs is 1. The minimum atomic E-state index is 0.238. The fourth-order valence-electron chi connectivity index (χ4n) is 2.32. The molecule has 0 saturated heterocycles. The maximum atomic E-state index is 5.61. The monoisotopic (exact) mass is 300 g/mol. The third-order valence-corrected chi connectivity index (χ3v) is 3.35. The molecule has 3 aromatic rings.